The van der Waals surface area contributed by atoms with E-state index in [-0.39, 0.29) is 10.8 Å². The van der Waals surface area contributed by atoms with Gasteiger partial charge in [0, 0.05) is 44.5 Å². The zero-order chi connectivity index (χ0) is 41.9. The van der Waals surface area contributed by atoms with Gasteiger partial charge >= 0.3 is 5.66 Å². The van der Waals surface area contributed by atoms with Crippen molar-refractivity contribution in [3.05, 3.63) is 138 Å². The Bertz CT molecular complexity index is 4000. The SMILES string of the molecule is c1ccc2c(c1)c1cc3c4ccccc4n4c3c3c1n2-c1ccc2c5ccccc5n5c2c1C31[n+]2c(cc(C36CC7CC(CC(C7)C3)C6)cc2-5)-c2cc(C35CC6CC(CC(C6)C3)C5)cc-4[n+]21. The van der Waals surface area contributed by atoms with Gasteiger partial charge < -0.3 is 4.57 Å². The first kappa shape index (κ1) is 33.3. The Morgan fingerprint density at radius 1 is 0.379 bits per heavy atom. The maximum atomic E-state index is 2.95. The van der Waals surface area contributed by atoms with Crippen molar-refractivity contribution in [3.63, 3.8) is 0 Å². The monoisotopic (exact) mass is 851 g/mol. The molecule has 10 aromatic rings. The summed E-state index contributed by atoms with van der Waals surface area (Å²) in [5.41, 5.74) is 18.5. The van der Waals surface area contributed by atoms with E-state index in [1.54, 1.807) is 11.1 Å². The second kappa shape index (κ2) is 10.2. The van der Waals surface area contributed by atoms with Gasteiger partial charge in [-0.2, -0.15) is 18.3 Å². The molecule has 5 nitrogen and oxygen atoms in total. The van der Waals surface area contributed by atoms with E-state index in [0.717, 1.165) is 35.5 Å². The molecule has 1 unspecified atom stereocenters. The van der Waals surface area contributed by atoms with Crippen molar-refractivity contribution in [1.29, 1.82) is 0 Å². The largest absolute Gasteiger partial charge is 0.319 e. The van der Waals surface area contributed by atoms with Gasteiger partial charge in [-0.05, 0) is 195 Å². The van der Waals surface area contributed by atoms with E-state index in [1.165, 1.54) is 182 Å². The molecule has 0 amide bonds. The van der Waals surface area contributed by atoms with Gasteiger partial charge in [0.15, 0.2) is 22.4 Å². The Kier molecular flexibility index (Phi) is 5.14. The third-order valence-corrected chi connectivity index (χ3v) is 21.1. The third-order valence-electron chi connectivity index (χ3n) is 21.1. The highest BCUT2D eigenvalue weighted by molar-refractivity contribution is 6.23. The number of aromatic nitrogens is 5. The molecule has 0 radical (unpaired) electrons. The summed E-state index contributed by atoms with van der Waals surface area (Å²) in [6.07, 6.45) is 17.0. The van der Waals surface area contributed by atoms with Crippen LogP contribution >= 0.6 is 0 Å². The summed E-state index contributed by atoms with van der Waals surface area (Å²) in [7, 11) is 0. The minimum Gasteiger partial charge on any atom is -0.308 e. The van der Waals surface area contributed by atoms with Crippen LogP contribution in [0.2, 0.25) is 0 Å². The van der Waals surface area contributed by atoms with Crippen molar-refractivity contribution in [2.75, 3.05) is 0 Å². The first-order chi connectivity index (χ1) is 32.6. The second-order valence-electron chi connectivity index (χ2n) is 24.2. The van der Waals surface area contributed by atoms with Crippen LogP contribution in [-0.2, 0) is 16.5 Å². The maximum Gasteiger partial charge on any atom is 0.319 e. The Balaban J connectivity index is 1.05. The fourth-order valence-corrected chi connectivity index (χ4v) is 20.0. The van der Waals surface area contributed by atoms with Crippen LogP contribution in [0.1, 0.15) is 99.3 Å². The zero-order valence-electron chi connectivity index (χ0n) is 37.2. The van der Waals surface area contributed by atoms with E-state index >= 15 is 0 Å². The molecule has 1 atom stereocenters. The molecule has 0 N–H and O–H groups in total. The fourth-order valence-electron chi connectivity index (χ4n) is 20.0. The van der Waals surface area contributed by atoms with Crippen molar-refractivity contribution in [3.8, 4) is 28.7 Å². The van der Waals surface area contributed by atoms with Crippen molar-refractivity contribution in [2.45, 2.75) is 93.5 Å². The number of rotatable bonds is 2. The first-order valence-electron chi connectivity index (χ1n) is 25.9. The molecule has 8 fully saturated rings. The summed E-state index contributed by atoms with van der Waals surface area (Å²) >= 11 is 0. The molecule has 22 rings (SSSR count). The average molecular weight is 852 g/mol. The third kappa shape index (κ3) is 3.30. The lowest BCUT2D eigenvalue weighted by Gasteiger charge is -2.57. The van der Waals surface area contributed by atoms with Crippen LogP contribution in [-0.4, -0.2) is 13.7 Å². The highest BCUT2D eigenvalue weighted by Gasteiger charge is 2.69. The number of hydrogen-bond donors (Lipinski definition) is 0. The van der Waals surface area contributed by atoms with Crippen LogP contribution in [0.4, 0.5) is 0 Å². The van der Waals surface area contributed by atoms with Gasteiger partial charge in [0.1, 0.15) is 22.2 Å². The summed E-state index contributed by atoms with van der Waals surface area (Å²) in [6, 6.07) is 46.9. The molecule has 316 valence electrons. The van der Waals surface area contributed by atoms with Gasteiger partial charge in [0.05, 0.1) is 16.7 Å². The molecular weight excluding hydrogens is 803 g/mol. The zero-order valence-corrected chi connectivity index (χ0v) is 37.2. The molecular formula is C61H49N5+2. The molecule has 0 saturated heterocycles. The van der Waals surface area contributed by atoms with Crippen LogP contribution < -0.4 is 9.13 Å². The Labute approximate surface area is 381 Å². The van der Waals surface area contributed by atoms with Crippen LogP contribution in [0, 0.1) is 35.5 Å². The van der Waals surface area contributed by atoms with Crippen LogP contribution in [0.3, 0.4) is 0 Å². The number of nitrogens with zero attached hydrogens (tertiary/aromatic N) is 5. The number of para-hydroxylation sites is 3. The molecule has 9 heterocycles. The van der Waals surface area contributed by atoms with Gasteiger partial charge in [-0.15, -0.1) is 0 Å². The highest BCUT2D eigenvalue weighted by atomic mass is 15.4. The molecule has 8 aliphatic carbocycles. The molecule has 8 saturated carbocycles. The molecule has 1 spiro atoms. The molecule has 12 aliphatic rings. The van der Waals surface area contributed by atoms with E-state index in [2.05, 4.69) is 138 Å². The molecule has 5 aromatic heterocycles. The Morgan fingerprint density at radius 2 is 0.788 bits per heavy atom. The normalized spacial score (nSPS) is 32.3. The summed E-state index contributed by atoms with van der Waals surface area (Å²) < 4.78 is 14.2. The molecule has 4 aliphatic heterocycles. The van der Waals surface area contributed by atoms with Gasteiger partial charge in [-0.25, -0.2) is 0 Å². The summed E-state index contributed by atoms with van der Waals surface area (Å²) in [6.45, 7) is 0. The lowest BCUT2D eigenvalue weighted by molar-refractivity contribution is -0.934. The van der Waals surface area contributed by atoms with Crippen molar-refractivity contribution in [1.82, 2.24) is 13.7 Å². The Hall–Kier alpha value is -6.20. The standard InChI is InChI=1S/C61H49N5/c1-5-11-47-40(7-1)43-13-14-49-54-56(43)63(47)52-23-38(59-26-32-15-33(27-59)17-34(16-32)28-59)21-50-51-22-39(60-29-35-18-36(30-60)20-37(19-35)31-60)24-53-64-48-12-6-3-9-42(48)45-25-44-41-8-2-4-10-46(41)62(49)57(44)55(58(45)64)61(54,65(50)52)66(51)53/h1-14,21-25,32-37H,15-20,26-31H2/q+2. The summed E-state index contributed by atoms with van der Waals surface area (Å²) in [4.78, 5) is 0. The maximum absolute atomic E-state index is 2.95. The topological polar surface area (TPSA) is 22.5 Å². The molecule has 5 aromatic carbocycles. The van der Waals surface area contributed by atoms with Gasteiger partial charge in [0.2, 0.25) is 0 Å². The number of benzene rings is 5. The van der Waals surface area contributed by atoms with E-state index in [0.29, 0.717) is 0 Å². The summed E-state index contributed by atoms with van der Waals surface area (Å²) in [5.74, 6) is 8.03. The second-order valence-corrected chi connectivity index (χ2v) is 24.2. The van der Waals surface area contributed by atoms with Crippen molar-refractivity contribution in [2.24, 2.45) is 35.5 Å². The number of hydrogen-bond acceptors (Lipinski definition) is 0. The van der Waals surface area contributed by atoms with Crippen LogP contribution in [0.5, 0.6) is 0 Å². The molecule has 8 bridgehead atoms. The van der Waals surface area contributed by atoms with Crippen molar-refractivity contribution < 1.29 is 9.13 Å². The van der Waals surface area contributed by atoms with E-state index in [1.807, 2.05) is 0 Å². The predicted octanol–water partition coefficient (Wildman–Crippen LogP) is 12.7. The van der Waals surface area contributed by atoms with Gasteiger partial charge in [-0.3, -0.25) is 0 Å². The Morgan fingerprint density at radius 3 is 1.27 bits per heavy atom. The number of pyridine rings is 2. The number of fused-ring (bicyclic) bond motifs is 13. The lowest BCUT2D eigenvalue weighted by atomic mass is 9.48. The molecule has 66 heavy (non-hydrogen) atoms. The molecule has 5 heteroatoms. The van der Waals surface area contributed by atoms with Crippen LogP contribution in [0.25, 0.3) is 94.1 Å². The van der Waals surface area contributed by atoms with Crippen molar-refractivity contribution >= 4 is 65.4 Å². The van der Waals surface area contributed by atoms with Gasteiger partial charge in [0.25, 0.3) is 11.6 Å². The fraction of sp³-hybridized carbons (Fsp3) is 0.344. The predicted molar refractivity (Wildman–Crippen MR) is 260 cm³/mol. The smallest absolute Gasteiger partial charge is 0.308 e. The van der Waals surface area contributed by atoms with Crippen LogP contribution in [0.15, 0.2) is 115 Å². The minimum absolute atomic E-state index is 0.250. The highest BCUT2D eigenvalue weighted by Crippen LogP contribution is 2.65. The van der Waals surface area contributed by atoms with E-state index < -0.39 is 5.66 Å². The van der Waals surface area contributed by atoms with Gasteiger partial charge in [-0.1, -0.05) is 42.5 Å². The summed E-state index contributed by atoms with van der Waals surface area (Å²) in [5, 5.41) is 8.21. The quantitative estimate of drug-likeness (QED) is 0.155. The average Bonchev–Trinajstić information content (AvgIpc) is 4.04. The first-order valence-corrected chi connectivity index (χ1v) is 25.9. The van der Waals surface area contributed by atoms with E-state index in [9.17, 15) is 0 Å². The lowest BCUT2D eigenvalue weighted by Crippen LogP contribution is -2.76. The van der Waals surface area contributed by atoms with E-state index in [4.69, 9.17) is 0 Å². The minimum atomic E-state index is -0.624.